The molecule has 3 heteroatoms. The van der Waals surface area contributed by atoms with Crippen LogP contribution >= 0.6 is 0 Å². The summed E-state index contributed by atoms with van der Waals surface area (Å²) in [7, 11) is 0. The van der Waals surface area contributed by atoms with E-state index >= 15 is 0 Å². The quantitative estimate of drug-likeness (QED) is 0.739. The van der Waals surface area contributed by atoms with Crippen molar-refractivity contribution in [2.75, 3.05) is 5.32 Å². The largest absolute Gasteiger partial charge is 0.461 e. The fraction of sp³-hybridized carbons (Fsp3) is 0.176. The van der Waals surface area contributed by atoms with Gasteiger partial charge in [0.05, 0.1) is 5.69 Å². The van der Waals surface area contributed by atoms with E-state index in [4.69, 9.17) is 4.42 Å². The third-order valence-electron chi connectivity index (χ3n) is 3.43. The van der Waals surface area contributed by atoms with Crippen LogP contribution in [0.4, 0.5) is 10.1 Å². The zero-order valence-electron chi connectivity index (χ0n) is 11.3. The van der Waals surface area contributed by atoms with E-state index in [1.54, 1.807) is 12.1 Å². The molecule has 0 spiro atoms. The number of aryl methyl sites for hydroxylation is 1. The van der Waals surface area contributed by atoms with Crippen molar-refractivity contribution in [1.82, 2.24) is 0 Å². The van der Waals surface area contributed by atoms with Crippen molar-refractivity contribution in [3.63, 3.8) is 0 Å². The van der Waals surface area contributed by atoms with Gasteiger partial charge in [0.15, 0.2) is 0 Å². The zero-order chi connectivity index (χ0) is 13.9. The second-order valence-electron chi connectivity index (χ2n) is 4.69. The van der Waals surface area contributed by atoms with Gasteiger partial charge in [0, 0.05) is 23.9 Å². The van der Waals surface area contributed by atoms with Gasteiger partial charge in [0.1, 0.15) is 17.2 Å². The Morgan fingerprint density at radius 3 is 2.60 bits per heavy atom. The molecule has 1 aromatic heterocycles. The molecule has 1 heterocycles. The third-order valence-corrected chi connectivity index (χ3v) is 3.43. The number of anilines is 1. The number of hydrogen-bond donors (Lipinski definition) is 1. The van der Waals surface area contributed by atoms with E-state index in [1.165, 1.54) is 6.07 Å². The number of para-hydroxylation sites is 2. The van der Waals surface area contributed by atoms with Gasteiger partial charge in [-0.15, -0.1) is 0 Å². The SMILES string of the molecule is CCc1oc2ccccc2c1CNc1ccccc1F. The molecule has 0 saturated carbocycles. The molecule has 0 aliphatic heterocycles. The van der Waals surface area contributed by atoms with Gasteiger partial charge in [-0.25, -0.2) is 4.39 Å². The first-order valence-electron chi connectivity index (χ1n) is 6.77. The molecule has 102 valence electrons. The predicted molar refractivity (Wildman–Crippen MR) is 79.3 cm³/mol. The molecule has 0 unspecified atom stereocenters. The smallest absolute Gasteiger partial charge is 0.146 e. The third kappa shape index (κ3) is 2.27. The Labute approximate surface area is 117 Å². The highest BCUT2D eigenvalue weighted by molar-refractivity contribution is 5.82. The summed E-state index contributed by atoms with van der Waals surface area (Å²) in [5, 5.41) is 4.24. The summed E-state index contributed by atoms with van der Waals surface area (Å²) < 4.78 is 19.5. The van der Waals surface area contributed by atoms with E-state index in [9.17, 15) is 4.39 Å². The average Bonchev–Trinajstić information content (AvgIpc) is 2.84. The number of nitrogens with one attached hydrogen (secondary N) is 1. The van der Waals surface area contributed by atoms with Crippen LogP contribution < -0.4 is 5.32 Å². The lowest BCUT2D eigenvalue weighted by Gasteiger charge is -2.07. The Hall–Kier alpha value is -2.29. The van der Waals surface area contributed by atoms with Crippen LogP contribution in [0.2, 0.25) is 0 Å². The fourth-order valence-electron chi connectivity index (χ4n) is 2.42. The van der Waals surface area contributed by atoms with Crippen LogP contribution in [-0.2, 0) is 13.0 Å². The minimum absolute atomic E-state index is 0.238. The van der Waals surface area contributed by atoms with E-state index in [0.717, 1.165) is 28.7 Å². The molecule has 0 amide bonds. The number of halogens is 1. The summed E-state index contributed by atoms with van der Waals surface area (Å²) >= 11 is 0. The van der Waals surface area contributed by atoms with Crippen LogP contribution in [0.1, 0.15) is 18.2 Å². The molecule has 0 bridgehead atoms. The van der Waals surface area contributed by atoms with Crippen LogP contribution in [-0.4, -0.2) is 0 Å². The molecular weight excluding hydrogens is 253 g/mol. The molecular formula is C17H16FNO. The number of rotatable bonds is 4. The summed E-state index contributed by atoms with van der Waals surface area (Å²) in [4.78, 5) is 0. The van der Waals surface area contributed by atoms with Crippen LogP contribution in [0.15, 0.2) is 52.9 Å². The Morgan fingerprint density at radius 1 is 1.05 bits per heavy atom. The number of hydrogen-bond acceptors (Lipinski definition) is 2. The highest BCUT2D eigenvalue weighted by Crippen LogP contribution is 2.27. The van der Waals surface area contributed by atoms with Crippen molar-refractivity contribution in [3.8, 4) is 0 Å². The van der Waals surface area contributed by atoms with Crippen molar-refractivity contribution in [3.05, 3.63) is 65.7 Å². The van der Waals surface area contributed by atoms with Crippen molar-refractivity contribution in [2.45, 2.75) is 19.9 Å². The molecule has 0 radical (unpaired) electrons. The van der Waals surface area contributed by atoms with Crippen molar-refractivity contribution in [2.24, 2.45) is 0 Å². The van der Waals surface area contributed by atoms with Gasteiger partial charge in [-0.3, -0.25) is 0 Å². The topological polar surface area (TPSA) is 25.2 Å². The molecule has 2 nitrogen and oxygen atoms in total. The monoisotopic (exact) mass is 269 g/mol. The van der Waals surface area contributed by atoms with Crippen LogP contribution in [0.5, 0.6) is 0 Å². The van der Waals surface area contributed by atoms with Gasteiger partial charge in [-0.2, -0.15) is 0 Å². The highest BCUT2D eigenvalue weighted by Gasteiger charge is 2.12. The van der Waals surface area contributed by atoms with E-state index in [1.807, 2.05) is 30.3 Å². The first-order valence-corrected chi connectivity index (χ1v) is 6.77. The fourth-order valence-corrected chi connectivity index (χ4v) is 2.42. The number of benzene rings is 2. The van der Waals surface area contributed by atoms with E-state index in [-0.39, 0.29) is 5.82 Å². The lowest BCUT2D eigenvalue weighted by Crippen LogP contribution is -2.02. The predicted octanol–water partition coefficient (Wildman–Crippen LogP) is 4.75. The second-order valence-corrected chi connectivity index (χ2v) is 4.69. The lowest BCUT2D eigenvalue weighted by atomic mass is 10.1. The summed E-state index contributed by atoms with van der Waals surface area (Å²) in [6.45, 7) is 2.62. The normalized spacial score (nSPS) is 10.9. The molecule has 0 aliphatic carbocycles. The van der Waals surface area contributed by atoms with E-state index < -0.39 is 0 Å². The molecule has 0 aliphatic rings. The lowest BCUT2D eigenvalue weighted by molar-refractivity contribution is 0.551. The van der Waals surface area contributed by atoms with E-state index in [0.29, 0.717) is 12.2 Å². The molecule has 3 rings (SSSR count). The van der Waals surface area contributed by atoms with Gasteiger partial charge < -0.3 is 9.73 Å². The van der Waals surface area contributed by atoms with Crippen molar-refractivity contribution >= 4 is 16.7 Å². The summed E-state index contributed by atoms with van der Waals surface area (Å²) in [5.74, 6) is 0.716. The van der Waals surface area contributed by atoms with Gasteiger partial charge >= 0.3 is 0 Å². The Morgan fingerprint density at radius 2 is 1.80 bits per heavy atom. The average molecular weight is 269 g/mol. The van der Waals surface area contributed by atoms with Crippen molar-refractivity contribution < 1.29 is 8.81 Å². The maximum absolute atomic E-state index is 13.6. The van der Waals surface area contributed by atoms with Crippen molar-refractivity contribution in [1.29, 1.82) is 0 Å². The van der Waals surface area contributed by atoms with Gasteiger partial charge in [-0.05, 0) is 18.2 Å². The maximum Gasteiger partial charge on any atom is 0.146 e. The van der Waals surface area contributed by atoms with Crippen LogP contribution in [0, 0.1) is 5.82 Å². The summed E-state index contributed by atoms with van der Waals surface area (Å²) in [6, 6.07) is 14.6. The summed E-state index contributed by atoms with van der Waals surface area (Å²) in [6.07, 6.45) is 0.822. The van der Waals surface area contributed by atoms with Gasteiger partial charge in [0.2, 0.25) is 0 Å². The second kappa shape index (κ2) is 5.37. The number of fused-ring (bicyclic) bond motifs is 1. The molecule has 0 saturated heterocycles. The molecule has 2 aromatic carbocycles. The molecule has 0 atom stereocenters. The van der Waals surface area contributed by atoms with Gasteiger partial charge in [0.25, 0.3) is 0 Å². The Kier molecular flexibility index (Phi) is 3.42. The maximum atomic E-state index is 13.6. The minimum atomic E-state index is -0.238. The highest BCUT2D eigenvalue weighted by atomic mass is 19.1. The molecule has 0 fully saturated rings. The first kappa shape index (κ1) is 12.7. The first-order chi connectivity index (χ1) is 9.79. The van der Waals surface area contributed by atoms with E-state index in [2.05, 4.69) is 12.2 Å². The van der Waals surface area contributed by atoms with Gasteiger partial charge in [-0.1, -0.05) is 37.3 Å². The molecule has 3 aromatic rings. The molecule has 1 N–H and O–H groups in total. The minimum Gasteiger partial charge on any atom is -0.461 e. The van der Waals surface area contributed by atoms with Crippen LogP contribution in [0.25, 0.3) is 11.0 Å². The Bertz CT molecular complexity index is 733. The Balaban J connectivity index is 1.92. The standard InChI is InChI=1S/C17H16FNO/c1-2-16-13(12-7-3-6-10-17(12)20-16)11-19-15-9-5-4-8-14(15)18/h3-10,19H,2,11H2,1H3. The summed E-state index contributed by atoms with van der Waals surface area (Å²) in [5.41, 5.74) is 2.50. The number of furan rings is 1. The molecule has 20 heavy (non-hydrogen) atoms. The zero-order valence-corrected chi connectivity index (χ0v) is 11.3. The van der Waals surface area contributed by atoms with Crippen LogP contribution in [0.3, 0.4) is 0 Å².